The first kappa shape index (κ1) is 15.5. The van der Waals surface area contributed by atoms with Gasteiger partial charge in [-0.15, -0.1) is 0 Å². The maximum atomic E-state index is 10.4. The van der Waals surface area contributed by atoms with Crippen LogP contribution in [0.15, 0.2) is 17.3 Å². The van der Waals surface area contributed by atoms with Crippen LogP contribution in [0.4, 0.5) is 0 Å². The lowest BCUT2D eigenvalue weighted by atomic mass is 10.4. The van der Waals surface area contributed by atoms with Gasteiger partial charge in [0.25, 0.3) is 0 Å². The van der Waals surface area contributed by atoms with Crippen molar-refractivity contribution in [3.05, 3.63) is 22.6 Å². The van der Waals surface area contributed by atoms with E-state index in [1.165, 1.54) is 0 Å². The highest BCUT2D eigenvalue weighted by atomic mass is 16.5. The summed E-state index contributed by atoms with van der Waals surface area (Å²) in [5, 5.41) is 10.5. The summed E-state index contributed by atoms with van der Waals surface area (Å²) in [7, 11) is 0. The highest BCUT2D eigenvalue weighted by Crippen LogP contribution is 1.89. The number of carboxylic acid groups (broad SMARTS) is 1. The lowest BCUT2D eigenvalue weighted by Gasteiger charge is -1.96. The van der Waals surface area contributed by atoms with Gasteiger partial charge in [-0.2, -0.15) is 0 Å². The molecular weight excluding hydrogens is 202 g/mol. The Morgan fingerprint density at radius 1 is 1.60 bits per heavy atom. The van der Waals surface area contributed by atoms with E-state index in [2.05, 4.69) is 21.3 Å². The molecule has 0 unspecified atom stereocenters. The van der Waals surface area contributed by atoms with E-state index >= 15 is 0 Å². The Morgan fingerprint density at radius 2 is 2.13 bits per heavy atom. The normalized spacial score (nSPS) is 7.60. The third-order valence-corrected chi connectivity index (χ3v) is 0.893. The third kappa shape index (κ3) is 14.8. The molecule has 0 atom stereocenters. The highest BCUT2D eigenvalue weighted by molar-refractivity contribution is 5.86. The molecule has 0 aliphatic rings. The van der Waals surface area contributed by atoms with Crippen molar-refractivity contribution in [2.24, 2.45) is 5.11 Å². The van der Waals surface area contributed by atoms with Crippen LogP contribution in [0, 0.1) is 0 Å². The van der Waals surface area contributed by atoms with E-state index < -0.39 is 12.5 Å². The van der Waals surface area contributed by atoms with E-state index in [1.54, 1.807) is 13.8 Å². The van der Waals surface area contributed by atoms with Crippen molar-refractivity contribution in [3.8, 4) is 0 Å². The maximum absolute atomic E-state index is 10.4. The SMILES string of the molecule is C=C(C)C(=O)OCC.[N-]=[N+]=NCC(=O)O. The molecule has 7 heteroatoms. The summed E-state index contributed by atoms with van der Waals surface area (Å²) in [6.07, 6.45) is 0. The van der Waals surface area contributed by atoms with Crippen molar-refractivity contribution >= 4 is 11.9 Å². The third-order valence-electron chi connectivity index (χ3n) is 0.893. The Bertz CT molecular complexity index is 282. The fourth-order valence-corrected chi connectivity index (χ4v) is 0.346. The standard InChI is InChI=1S/C6H10O2.C2H3N3O2/c1-4-8-6(7)5(2)3;3-5-4-1-2(6)7/h2,4H2,1,3H3;1H2,(H,6,7). The van der Waals surface area contributed by atoms with Gasteiger partial charge in [0.1, 0.15) is 6.54 Å². The van der Waals surface area contributed by atoms with Gasteiger partial charge in [-0.3, -0.25) is 4.79 Å². The quantitative estimate of drug-likeness (QED) is 0.251. The first-order valence-electron chi connectivity index (χ1n) is 4.01. The van der Waals surface area contributed by atoms with Crippen molar-refractivity contribution < 1.29 is 19.4 Å². The average Bonchev–Trinajstić information content (AvgIpc) is 2.16. The van der Waals surface area contributed by atoms with Crippen LogP contribution in [0.2, 0.25) is 0 Å². The number of carbonyl (C=O) groups is 2. The molecule has 15 heavy (non-hydrogen) atoms. The van der Waals surface area contributed by atoms with Crippen molar-refractivity contribution in [2.75, 3.05) is 13.2 Å². The van der Waals surface area contributed by atoms with Crippen LogP contribution < -0.4 is 0 Å². The van der Waals surface area contributed by atoms with Crippen molar-refractivity contribution in [3.63, 3.8) is 0 Å². The van der Waals surface area contributed by atoms with Gasteiger partial charge in [0.2, 0.25) is 0 Å². The molecule has 0 aromatic carbocycles. The number of esters is 1. The van der Waals surface area contributed by atoms with E-state index in [9.17, 15) is 9.59 Å². The lowest BCUT2D eigenvalue weighted by Crippen LogP contribution is -2.03. The molecule has 0 aliphatic heterocycles. The van der Waals surface area contributed by atoms with Crippen LogP contribution in [0.25, 0.3) is 10.4 Å². The Hall–Kier alpha value is -2.01. The molecule has 0 spiro atoms. The number of hydrogen-bond acceptors (Lipinski definition) is 4. The zero-order chi connectivity index (χ0) is 12.3. The number of rotatable bonds is 4. The summed E-state index contributed by atoms with van der Waals surface area (Å²) in [6, 6.07) is 0. The Morgan fingerprint density at radius 3 is 2.27 bits per heavy atom. The zero-order valence-corrected chi connectivity index (χ0v) is 8.63. The van der Waals surface area contributed by atoms with E-state index in [0.717, 1.165) is 0 Å². The van der Waals surface area contributed by atoms with E-state index in [4.69, 9.17) is 10.6 Å². The number of hydrogen-bond donors (Lipinski definition) is 1. The van der Waals surface area contributed by atoms with Crippen LogP contribution in [0.3, 0.4) is 0 Å². The van der Waals surface area contributed by atoms with Gasteiger partial charge in [-0.1, -0.05) is 11.7 Å². The summed E-state index contributed by atoms with van der Waals surface area (Å²) in [5.74, 6) is -1.43. The summed E-state index contributed by atoms with van der Waals surface area (Å²) in [6.45, 7) is 6.73. The molecule has 0 saturated carbocycles. The summed E-state index contributed by atoms with van der Waals surface area (Å²) >= 11 is 0. The van der Waals surface area contributed by atoms with E-state index in [1.807, 2.05) is 0 Å². The number of carbonyl (C=O) groups excluding carboxylic acids is 1. The second-order valence-electron chi connectivity index (χ2n) is 2.28. The van der Waals surface area contributed by atoms with Gasteiger partial charge in [-0.25, -0.2) is 4.79 Å². The second-order valence-corrected chi connectivity index (χ2v) is 2.28. The Balaban J connectivity index is 0. The second kappa shape index (κ2) is 10.1. The number of nitrogens with zero attached hydrogens (tertiary/aromatic N) is 3. The van der Waals surface area contributed by atoms with Gasteiger partial charge in [-0.05, 0) is 19.4 Å². The Kier molecular flexibility index (Phi) is 10.4. The van der Waals surface area contributed by atoms with Gasteiger partial charge < -0.3 is 9.84 Å². The molecule has 0 amide bonds. The predicted octanol–water partition coefficient (Wildman–Crippen LogP) is 1.51. The molecular formula is C8H13N3O4. The molecule has 0 saturated heterocycles. The molecule has 0 bridgehead atoms. The number of carboxylic acids is 1. The van der Waals surface area contributed by atoms with Crippen LogP contribution in [0.1, 0.15) is 13.8 Å². The fraction of sp³-hybridized carbons (Fsp3) is 0.500. The molecule has 0 rings (SSSR count). The topological polar surface area (TPSA) is 112 Å². The Labute approximate surface area is 87.0 Å². The summed E-state index contributed by atoms with van der Waals surface area (Å²) in [4.78, 5) is 22.1. The van der Waals surface area contributed by atoms with Crippen LogP contribution in [-0.2, 0) is 14.3 Å². The van der Waals surface area contributed by atoms with E-state index in [-0.39, 0.29) is 5.97 Å². The van der Waals surface area contributed by atoms with Crippen LogP contribution in [0.5, 0.6) is 0 Å². The van der Waals surface area contributed by atoms with Gasteiger partial charge >= 0.3 is 11.9 Å². The first-order chi connectivity index (χ1) is 6.95. The molecule has 1 N–H and O–H groups in total. The smallest absolute Gasteiger partial charge is 0.333 e. The lowest BCUT2D eigenvalue weighted by molar-refractivity contribution is -0.138. The largest absolute Gasteiger partial charge is 0.481 e. The average molecular weight is 215 g/mol. The van der Waals surface area contributed by atoms with Crippen LogP contribution in [-0.4, -0.2) is 30.2 Å². The van der Waals surface area contributed by atoms with Gasteiger partial charge in [0, 0.05) is 10.5 Å². The van der Waals surface area contributed by atoms with Gasteiger partial charge in [0.05, 0.1) is 6.61 Å². The van der Waals surface area contributed by atoms with Gasteiger partial charge in [0.15, 0.2) is 0 Å². The number of aliphatic carboxylic acids is 1. The molecule has 84 valence electrons. The van der Waals surface area contributed by atoms with Crippen molar-refractivity contribution in [1.29, 1.82) is 0 Å². The molecule has 0 fully saturated rings. The van der Waals surface area contributed by atoms with Crippen LogP contribution >= 0.6 is 0 Å². The molecule has 0 radical (unpaired) electrons. The summed E-state index contributed by atoms with van der Waals surface area (Å²) in [5.41, 5.74) is 7.96. The molecule has 0 aliphatic carbocycles. The highest BCUT2D eigenvalue weighted by Gasteiger charge is 1.98. The fourth-order valence-electron chi connectivity index (χ4n) is 0.346. The maximum Gasteiger partial charge on any atom is 0.333 e. The molecule has 7 nitrogen and oxygen atoms in total. The summed E-state index contributed by atoms with van der Waals surface area (Å²) < 4.78 is 4.56. The van der Waals surface area contributed by atoms with Crippen molar-refractivity contribution in [2.45, 2.75) is 13.8 Å². The zero-order valence-electron chi connectivity index (χ0n) is 8.63. The minimum Gasteiger partial charge on any atom is -0.481 e. The molecule has 0 aromatic rings. The predicted molar refractivity (Wildman–Crippen MR) is 53.1 cm³/mol. The number of azide groups is 1. The van der Waals surface area contributed by atoms with E-state index in [0.29, 0.717) is 12.2 Å². The van der Waals surface area contributed by atoms with Crippen molar-refractivity contribution in [1.82, 2.24) is 0 Å². The monoisotopic (exact) mass is 215 g/mol. The minimum atomic E-state index is -1.11. The molecule has 0 heterocycles. The minimum absolute atomic E-state index is 0.312. The number of ether oxygens (including phenoxy) is 1. The molecule has 0 aromatic heterocycles. The first-order valence-corrected chi connectivity index (χ1v) is 4.01.